The average molecular weight is 701 g/mol. The maximum atomic E-state index is 12.3. The Hall–Kier alpha value is -2.07. The highest BCUT2D eigenvalue weighted by Crippen LogP contribution is 2.43. The van der Waals surface area contributed by atoms with E-state index in [-0.39, 0.29) is 12.8 Å². The van der Waals surface area contributed by atoms with Gasteiger partial charge in [-0.1, -0.05) is 133 Å². The Morgan fingerprint density at radius 1 is 0.583 bits per heavy atom. The van der Waals surface area contributed by atoms with E-state index < -0.39 is 58.4 Å². The van der Waals surface area contributed by atoms with Gasteiger partial charge in [0.2, 0.25) is 0 Å². The van der Waals surface area contributed by atoms with Gasteiger partial charge in [-0.05, 0) is 38.5 Å². The van der Waals surface area contributed by atoms with Crippen LogP contribution in [-0.4, -0.2) is 65.7 Å². The third-order valence-electron chi connectivity index (χ3n) is 7.32. The van der Waals surface area contributed by atoms with Gasteiger partial charge in [0.25, 0.3) is 0 Å². The fourth-order valence-electron chi connectivity index (χ4n) is 4.54. The Bertz CT molecular complexity index is 946. The van der Waals surface area contributed by atoms with Crippen LogP contribution < -0.4 is 0 Å². The summed E-state index contributed by atoms with van der Waals surface area (Å²) in [4.78, 5) is 34.2. The normalized spacial score (nSPS) is 14.7. The topological polar surface area (TPSA) is 149 Å². The van der Waals surface area contributed by atoms with Gasteiger partial charge in [-0.25, -0.2) is 4.57 Å². The molecule has 0 heterocycles. The summed E-state index contributed by atoms with van der Waals surface area (Å²) in [6.45, 7) is 1.97. The van der Waals surface area contributed by atoms with Crippen LogP contribution >= 0.6 is 7.82 Å². The second-order valence-corrected chi connectivity index (χ2v) is 13.3. The van der Waals surface area contributed by atoms with Crippen molar-refractivity contribution in [3.8, 4) is 0 Å². The molecule has 48 heavy (non-hydrogen) atoms. The van der Waals surface area contributed by atoms with Gasteiger partial charge in [-0.15, -0.1) is 0 Å². The zero-order valence-corrected chi connectivity index (χ0v) is 30.6. The second-order valence-electron chi connectivity index (χ2n) is 11.8. The largest absolute Gasteiger partial charge is 0.472 e. The number of aliphatic hydroxyl groups excluding tert-OH is 2. The van der Waals surface area contributed by atoms with Crippen molar-refractivity contribution in [1.29, 1.82) is 0 Å². The van der Waals surface area contributed by atoms with E-state index in [4.69, 9.17) is 18.5 Å². The number of unbranched alkanes of at least 4 members (excludes halogenated alkanes) is 11. The summed E-state index contributed by atoms with van der Waals surface area (Å²) >= 11 is 0. The minimum atomic E-state index is -4.64. The maximum Gasteiger partial charge on any atom is 0.472 e. The summed E-state index contributed by atoms with van der Waals surface area (Å²) in [5.41, 5.74) is 0. The Morgan fingerprint density at radius 3 is 1.42 bits per heavy atom. The number of phosphoric acid groups is 1. The maximum absolute atomic E-state index is 12.3. The molecule has 0 amide bonds. The number of carbonyl (C=O) groups excluding carboxylic acids is 2. The molecule has 3 unspecified atom stereocenters. The number of aliphatic hydroxyl groups is 2. The SMILES string of the molecule is CC/C=C\C/C=C\C/C=C\C/C=C\CCC(=O)OC(CO)COP(=O)(O)OCC(CO)OC(=O)CCCCCCCCCCCCCC. The number of allylic oxidation sites excluding steroid dienone is 8. The van der Waals surface area contributed by atoms with Gasteiger partial charge in [-0.2, -0.15) is 0 Å². The molecule has 0 aliphatic heterocycles. The highest BCUT2D eigenvalue weighted by Gasteiger charge is 2.27. The molecule has 3 N–H and O–H groups in total. The van der Waals surface area contributed by atoms with Crippen LogP contribution in [0.4, 0.5) is 0 Å². The molecule has 0 rings (SSSR count). The molecular weight excluding hydrogens is 635 g/mol. The minimum absolute atomic E-state index is 0.0703. The van der Waals surface area contributed by atoms with Crippen molar-refractivity contribution in [1.82, 2.24) is 0 Å². The molecule has 0 saturated carbocycles. The van der Waals surface area contributed by atoms with Crippen LogP contribution in [0.2, 0.25) is 0 Å². The molecule has 0 aliphatic rings. The van der Waals surface area contributed by atoms with E-state index in [0.29, 0.717) is 12.8 Å². The van der Waals surface area contributed by atoms with Gasteiger partial charge >= 0.3 is 19.8 Å². The van der Waals surface area contributed by atoms with Gasteiger partial charge in [0, 0.05) is 12.8 Å². The predicted octanol–water partition coefficient (Wildman–Crippen LogP) is 8.60. The molecule has 0 aromatic rings. The van der Waals surface area contributed by atoms with Crippen molar-refractivity contribution in [3.05, 3.63) is 48.6 Å². The zero-order valence-electron chi connectivity index (χ0n) is 29.7. The molecule has 278 valence electrons. The van der Waals surface area contributed by atoms with Crippen molar-refractivity contribution < 1.29 is 47.8 Å². The fourth-order valence-corrected chi connectivity index (χ4v) is 5.32. The van der Waals surface area contributed by atoms with Crippen molar-refractivity contribution in [2.45, 2.75) is 148 Å². The Balaban J connectivity index is 4.10. The van der Waals surface area contributed by atoms with E-state index in [1.54, 1.807) is 0 Å². The monoisotopic (exact) mass is 700 g/mol. The molecule has 0 aromatic carbocycles. The van der Waals surface area contributed by atoms with E-state index in [1.807, 2.05) is 18.2 Å². The van der Waals surface area contributed by atoms with Crippen molar-refractivity contribution in [2.75, 3.05) is 26.4 Å². The van der Waals surface area contributed by atoms with Gasteiger partial charge in [0.1, 0.15) is 12.2 Å². The summed E-state index contributed by atoms with van der Waals surface area (Å²) in [6.07, 6.45) is 32.5. The van der Waals surface area contributed by atoms with E-state index in [9.17, 15) is 29.3 Å². The number of phosphoric ester groups is 1. The number of hydrogen-bond donors (Lipinski definition) is 3. The highest BCUT2D eigenvalue weighted by atomic mass is 31.2. The summed E-state index contributed by atoms with van der Waals surface area (Å²) in [5, 5.41) is 19.0. The molecule has 0 fully saturated rings. The molecule has 3 atom stereocenters. The molecule has 0 radical (unpaired) electrons. The summed E-state index contributed by atoms with van der Waals surface area (Å²) in [7, 11) is -4.64. The predicted molar refractivity (Wildman–Crippen MR) is 191 cm³/mol. The van der Waals surface area contributed by atoms with Crippen LogP contribution in [0.1, 0.15) is 136 Å². The van der Waals surface area contributed by atoms with Gasteiger partial charge in [-0.3, -0.25) is 18.6 Å². The van der Waals surface area contributed by atoms with Crippen LogP contribution in [0, 0.1) is 0 Å². The van der Waals surface area contributed by atoms with Crippen LogP contribution in [0.3, 0.4) is 0 Å². The number of rotatable bonds is 33. The number of esters is 2. The Morgan fingerprint density at radius 2 is 0.979 bits per heavy atom. The lowest BCUT2D eigenvalue weighted by molar-refractivity contribution is -0.153. The molecule has 0 spiro atoms. The number of carbonyl (C=O) groups is 2. The first-order valence-electron chi connectivity index (χ1n) is 18.1. The molecular formula is C37H65O10P. The zero-order chi connectivity index (χ0) is 35.6. The highest BCUT2D eigenvalue weighted by molar-refractivity contribution is 7.47. The third kappa shape index (κ3) is 31.2. The Kier molecular flexibility index (Phi) is 32.0. The third-order valence-corrected chi connectivity index (χ3v) is 8.27. The van der Waals surface area contributed by atoms with E-state index in [1.165, 1.54) is 51.4 Å². The standard InChI is InChI=1S/C37H65O10P/c1-3-5-7-9-11-13-15-17-19-21-23-25-27-29-37(41)47-35(31-39)33-45-48(42,43)44-32-34(30-38)46-36(40)28-26-24-22-20-18-16-14-12-10-8-6-4-2/h5,7,11,13,17,19,23,25,34-35,38-39H,3-4,6,8-10,12,14-16,18,20-22,24,26-33H2,1-2H3,(H,42,43)/b7-5-,13-11-,19-17-,25-23-. The van der Waals surface area contributed by atoms with Crippen molar-refractivity contribution in [2.24, 2.45) is 0 Å². The molecule has 0 aliphatic carbocycles. The van der Waals surface area contributed by atoms with Crippen LogP contribution in [0.25, 0.3) is 0 Å². The second kappa shape index (κ2) is 33.4. The fraction of sp³-hybridized carbons (Fsp3) is 0.730. The summed E-state index contributed by atoms with van der Waals surface area (Å²) < 4.78 is 32.3. The van der Waals surface area contributed by atoms with Crippen molar-refractivity contribution in [3.63, 3.8) is 0 Å². The van der Waals surface area contributed by atoms with Crippen LogP contribution in [0.15, 0.2) is 48.6 Å². The lowest BCUT2D eigenvalue weighted by Crippen LogP contribution is -2.28. The van der Waals surface area contributed by atoms with Gasteiger partial charge < -0.3 is 24.6 Å². The first kappa shape index (κ1) is 45.9. The van der Waals surface area contributed by atoms with E-state index >= 15 is 0 Å². The smallest absolute Gasteiger partial charge is 0.457 e. The number of ether oxygens (including phenoxy) is 2. The Labute approximate surface area is 290 Å². The van der Waals surface area contributed by atoms with E-state index in [0.717, 1.165) is 44.9 Å². The molecule has 0 aromatic heterocycles. The van der Waals surface area contributed by atoms with Crippen LogP contribution in [-0.2, 0) is 32.7 Å². The molecule has 10 nitrogen and oxygen atoms in total. The summed E-state index contributed by atoms with van der Waals surface area (Å²) in [5.74, 6) is -1.11. The molecule has 0 saturated heterocycles. The van der Waals surface area contributed by atoms with Crippen molar-refractivity contribution >= 4 is 19.8 Å². The summed E-state index contributed by atoms with van der Waals surface area (Å²) in [6, 6.07) is 0. The first-order valence-corrected chi connectivity index (χ1v) is 19.6. The van der Waals surface area contributed by atoms with Crippen LogP contribution in [0.5, 0.6) is 0 Å². The number of hydrogen-bond acceptors (Lipinski definition) is 9. The van der Waals surface area contributed by atoms with Gasteiger partial charge in [0.05, 0.1) is 26.4 Å². The molecule has 0 bridgehead atoms. The lowest BCUT2D eigenvalue weighted by Gasteiger charge is -2.20. The van der Waals surface area contributed by atoms with Gasteiger partial charge in [0.15, 0.2) is 0 Å². The minimum Gasteiger partial charge on any atom is -0.457 e. The average Bonchev–Trinajstić information content (AvgIpc) is 3.07. The first-order chi connectivity index (χ1) is 23.3. The van der Waals surface area contributed by atoms with E-state index in [2.05, 4.69) is 44.2 Å². The molecule has 11 heteroatoms. The lowest BCUT2D eigenvalue weighted by atomic mass is 10.0. The quantitative estimate of drug-likeness (QED) is 0.0263.